The van der Waals surface area contributed by atoms with Crippen molar-refractivity contribution in [2.45, 2.75) is 45.4 Å². The molecule has 0 unspecified atom stereocenters. The highest BCUT2D eigenvalue weighted by atomic mass is 32.1. The number of fused-ring (bicyclic) bond motifs is 1. The number of anilines is 1. The molecule has 2 aromatic heterocycles. The highest BCUT2D eigenvalue weighted by Gasteiger charge is 2.41. The maximum Gasteiger partial charge on any atom is 0.291 e. The van der Waals surface area contributed by atoms with Crippen LogP contribution in [0.3, 0.4) is 0 Å². The van der Waals surface area contributed by atoms with Crippen LogP contribution in [0, 0.1) is 5.41 Å². The van der Waals surface area contributed by atoms with Gasteiger partial charge in [0.15, 0.2) is 5.82 Å². The van der Waals surface area contributed by atoms with Gasteiger partial charge in [-0.05, 0) is 37.0 Å². The Hall–Kier alpha value is -1.69. The molecule has 1 saturated heterocycles. The Morgan fingerprint density at radius 3 is 2.70 bits per heavy atom. The number of piperidine rings is 1. The normalized spacial score (nSPS) is 19.5. The molecular weight excluding hydrogens is 308 g/mol. The van der Waals surface area contributed by atoms with Gasteiger partial charge in [0, 0.05) is 29.9 Å². The van der Waals surface area contributed by atoms with Gasteiger partial charge in [-0.25, -0.2) is 9.97 Å². The first-order valence-electron chi connectivity index (χ1n) is 8.32. The fraction of sp³-hybridized carbons (Fsp3) is 0.588. The summed E-state index contributed by atoms with van der Waals surface area (Å²) in [6.45, 7) is 5.94. The molecule has 0 amide bonds. The summed E-state index contributed by atoms with van der Waals surface area (Å²) in [5, 5.41) is 0. The molecule has 1 N–H and O–H groups in total. The van der Waals surface area contributed by atoms with Gasteiger partial charge in [0.1, 0.15) is 0 Å². The molecule has 0 aromatic carbocycles. The Bertz CT molecular complexity index is 748. The maximum atomic E-state index is 12.3. The topological polar surface area (TPSA) is 61.9 Å². The van der Waals surface area contributed by atoms with Crippen molar-refractivity contribution < 1.29 is 0 Å². The predicted molar refractivity (Wildman–Crippen MR) is 92.3 cm³/mol. The highest BCUT2D eigenvalue weighted by molar-refractivity contribution is 7.09. The van der Waals surface area contributed by atoms with E-state index in [-0.39, 0.29) is 5.56 Å². The molecule has 1 spiro atoms. The second kappa shape index (κ2) is 5.44. The molecule has 0 radical (unpaired) electrons. The lowest BCUT2D eigenvalue weighted by Crippen LogP contribution is -2.43. The molecule has 0 atom stereocenters. The summed E-state index contributed by atoms with van der Waals surface area (Å²) in [5.74, 6) is 0.869. The lowest BCUT2D eigenvalue weighted by atomic mass is 9.76. The number of hydrogen-bond donors (Lipinski definition) is 1. The van der Waals surface area contributed by atoms with Crippen LogP contribution in [-0.2, 0) is 12.8 Å². The van der Waals surface area contributed by atoms with Gasteiger partial charge < -0.3 is 9.88 Å². The molecule has 1 aliphatic heterocycles. The first-order valence-corrected chi connectivity index (χ1v) is 9.20. The largest absolute Gasteiger partial charge is 0.352 e. The standard InChI is InChI=1S/C17H22N4OS/c1-11(2)13-9-18-15(16(22)20-13)21-5-3-17(4-6-21)7-12-14(8-17)23-10-19-12/h9-11H,3-8H2,1-2H3,(H,20,22). The molecule has 0 saturated carbocycles. The van der Waals surface area contributed by atoms with Gasteiger partial charge in [-0.3, -0.25) is 4.79 Å². The van der Waals surface area contributed by atoms with Crippen molar-refractivity contribution in [2.24, 2.45) is 5.41 Å². The monoisotopic (exact) mass is 330 g/mol. The number of H-pyrrole nitrogens is 1. The molecule has 1 fully saturated rings. The number of nitrogens with zero attached hydrogens (tertiary/aromatic N) is 3. The molecular formula is C17H22N4OS. The SMILES string of the molecule is CC(C)c1cnc(N2CCC3(CC2)Cc2ncsc2C3)c(=O)[nH]1. The van der Waals surface area contributed by atoms with Crippen LogP contribution in [0.15, 0.2) is 16.5 Å². The maximum absolute atomic E-state index is 12.3. The molecule has 0 bridgehead atoms. The van der Waals surface area contributed by atoms with Crippen molar-refractivity contribution in [3.8, 4) is 0 Å². The number of nitrogens with one attached hydrogen (secondary N) is 1. The van der Waals surface area contributed by atoms with E-state index in [9.17, 15) is 4.79 Å². The smallest absolute Gasteiger partial charge is 0.291 e. The average Bonchev–Trinajstić information content (AvgIpc) is 3.07. The Morgan fingerprint density at radius 2 is 2.04 bits per heavy atom. The fourth-order valence-corrected chi connectivity index (χ4v) is 4.77. The summed E-state index contributed by atoms with van der Waals surface area (Å²) in [6, 6.07) is 0. The fourth-order valence-electron chi connectivity index (χ4n) is 3.81. The first kappa shape index (κ1) is 14.9. The number of aromatic nitrogens is 3. The quantitative estimate of drug-likeness (QED) is 0.920. The molecule has 5 nitrogen and oxygen atoms in total. The van der Waals surface area contributed by atoms with Crippen molar-refractivity contribution >= 4 is 17.2 Å². The molecule has 23 heavy (non-hydrogen) atoms. The summed E-state index contributed by atoms with van der Waals surface area (Å²) in [6.07, 6.45) is 6.31. The molecule has 4 rings (SSSR count). The Labute approximate surface area is 139 Å². The van der Waals surface area contributed by atoms with E-state index in [1.165, 1.54) is 10.6 Å². The zero-order valence-electron chi connectivity index (χ0n) is 13.6. The zero-order valence-corrected chi connectivity index (χ0v) is 14.4. The van der Waals surface area contributed by atoms with Crippen molar-refractivity contribution in [1.82, 2.24) is 15.0 Å². The summed E-state index contributed by atoms with van der Waals surface area (Å²) in [5.41, 5.74) is 4.49. The first-order chi connectivity index (χ1) is 11.1. The predicted octanol–water partition coefficient (Wildman–Crippen LogP) is 2.74. The Balaban J connectivity index is 1.48. The van der Waals surface area contributed by atoms with Gasteiger partial charge >= 0.3 is 0 Å². The number of thiazole rings is 1. The Kier molecular flexibility index (Phi) is 3.52. The van der Waals surface area contributed by atoms with Gasteiger partial charge in [-0.15, -0.1) is 11.3 Å². The minimum Gasteiger partial charge on any atom is -0.352 e. The van der Waals surface area contributed by atoms with E-state index in [2.05, 4.69) is 33.7 Å². The van der Waals surface area contributed by atoms with Gasteiger partial charge in [0.05, 0.1) is 11.2 Å². The summed E-state index contributed by atoms with van der Waals surface area (Å²) >= 11 is 1.79. The minimum atomic E-state index is -0.0562. The summed E-state index contributed by atoms with van der Waals surface area (Å²) < 4.78 is 0. The van der Waals surface area contributed by atoms with Crippen LogP contribution in [0.2, 0.25) is 0 Å². The van der Waals surface area contributed by atoms with Crippen LogP contribution in [0.25, 0.3) is 0 Å². The lowest BCUT2D eigenvalue weighted by Gasteiger charge is -2.39. The summed E-state index contributed by atoms with van der Waals surface area (Å²) in [4.78, 5) is 27.9. The third-order valence-corrected chi connectivity index (χ3v) is 6.21. The van der Waals surface area contributed by atoms with E-state index < -0.39 is 0 Å². The van der Waals surface area contributed by atoms with E-state index in [1.807, 2.05) is 11.7 Å². The Morgan fingerprint density at radius 1 is 1.26 bits per heavy atom. The van der Waals surface area contributed by atoms with Gasteiger partial charge in [0.2, 0.25) is 0 Å². The lowest BCUT2D eigenvalue weighted by molar-refractivity contribution is 0.231. The molecule has 2 aromatic rings. The van der Waals surface area contributed by atoms with Crippen LogP contribution in [0.4, 0.5) is 5.82 Å². The highest BCUT2D eigenvalue weighted by Crippen LogP contribution is 2.45. The van der Waals surface area contributed by atoms with Crippen LogP contribution in [0.5, 0.6) is 0 Å². The van der Waals surface area contributed by atoms with E-state index >= 15 is 0 Å². The van der Waals surface area contributed by atoms with Crippen LogP contribution < -0.4 is 10.5 Å². The van der Waals surface area contributed by atoms with Crippen molar-refractivity contribution in [1.29, 1.82) is 0 Å². The molecule has 122 valence electrons. The molecule has 6 heteroatoms. The van der Waals surface area contributed by atoms with Crippen LogP contribution >= 0.6 is 11.3 Å². The van der Waals surface area contributed by atoms with Crippen molar-refractivity contribution in [3.05, 3.63) is 38.3 Å². The summed E-state index contributed by atoms with van der Waals surface area (Å²) in [7, 11) is 0. The second-order valence-electron chi connectivity index (χ2n) is 7.21. The van der Waals surface area contributed by atoms with E-state index in [0.717, 1.165) is 44.5 Å². The number of hydrogen-bond acceptors (Lipinski definition) is 5. The van der Waals surface area contributed by atoms with Crippen molar-refractivity contribution in [3.63, 3.8) is 0 Å². The second-order valence-corrected chi connectivity index (χ2v) is 8.15. The van der Waals surface area contributed by atoms with Gasteiger partial charge in [-0.2, -0.15) is 0 Å². The average molecular weight is 330 g/mol. The van der Waals surface area contributed by atoms with E-state index in [0.29, 0.717) is 17.2 Å². The number of rotatable bonds is 2. The molecule has 3 heterocycles. The minimum absolute atomic E-state index is 0.0562. The zero-order chi connectivity index (χ0) is 16.0. The molecule has 2 aliphatic rings. The molecule has 1 aliphatic carbocycles. The van der Waals surface area contributed by atoms with E-state index in [4.69, 9.17) is 0 Å². The van der Waals surface area contributed by atoms with Crippen LogP contribution in [-0.4, -0.2) is 28.0 Å². The third-order valence-electron chi connectivity index (χ3n) is 5.34. The van der Waals surface area contributed by atoms with Crippen molar-refractivity contribution in [2.75, 3.05) is 18.0 Å². The van der Waals surface area contributed by atoms with E-state index in [1.54, 1.807) is 11.3 Å². The number of aromatic amines is 1. The van der Waals surface area contributed by atoms with Gasteiger partial charge in [0.25, 0.3) is 5.56 Å². The van der Waals surface area contributed by atoms with Crippen LogP contribution in [0.1, 0.15) is 48.9 Å². The third kappa shape index (κ3) is 2.59. The van der Waals surface area contributed by atoms with Gasteiger partial charge in [-0.1, -0.05) is 13.8 Å².